The van der Waals surface area contributed by atoms with Gasteiger partial charge in [-0.25, -0.2) is 13.9 Å². The summed E-state index contributed by atoms with van der Waals surface area (Å²) in [5.74, 6) is -1.61. The van der Waals surface area contributed by atoms with Crippen LogP contribution in [0.3, 0.4) is 0 Å². The van der Waals surface area contributed by atoms with Gasteiger partial charge in [0.2, 0.25) is 0 Å². The Morgan fingerprint density at radius 2 is 1.74 bits per heavy atom. The van der Waals surface area contributed by atoms with Gasteiger partial charge < -0.3 is 15.1 Å². The zero-order valence-electron chi connectivity index (χ0n) is 24.1. The summed E-state index contributed by atoms with van der Waals surface area (Å²) in [7, 11) is 0. The molecule has 3 unspecified atom stereocenters. The Bertz CT molecular complexity index is 1560. The van der Waals surface area contributed by atoms with E-state index in [0.717, 1.165) is 19.3 Å². The molecule has 3 atom stereocenters. The number of hydrogen-bond donors (Lipinski definition) is 1. The highest BCUT2D eigenvalue weighted by Crippen LogP contribution is 2.44. The standard InChI is InChI=1S/C32H34FN7O3/c1-2-38-29-26(28(31(42)39-19-9-12-24(39)20-34)36-40(29)23-10-5-3-6-11-23)25(21-13-15-22(33)16-14-21)27(30(38)41)35-32(43)37-17-7-4-8-18-37/h3,5-6,10-11,13-16,24-25,27H,2,4,7-9,12,17-19H2,1H3,(H,35,43). The predicted molar refractivity (Wildman–Crippen MR) is 157 cm³/mol. The number of halogens is 1. The molecule has 0 saturated carbocycles. The first kappa shape index (κ1) is 28.4. The molecule has 3 aromatic rings. The van der Waals surface area contributed by atoms with Crippen molar-refractivity contribution in [1.29, 1.82) is 5.26 Å². The summed E-state index contributed by atoms with van der Waals surface area (Å²) >= 11 is 0. The van der Waals surface area contributed by atoms with Crippen molar-refractivity contribution < 1.29 is 18.8 Å². The van der Waals surface area contributed by atoms with Gasteiger partial charge in [-0.15, -0.1) is 0 Å². The smallest absolute Gasteiger partial charge is 0.318 e. The van der Waals surface area contributed by atoms with Gasteiger partial charge >= 0.3 is 6.03 Å². The number of rotatable bonds is 5. The quantitative estimate of drug-likeness (QED) is 0.484. The number of nitrogens with one attached hydrogen (secondary N) is 1. The number of amides is 4. The average molecular weight is 584 g/mol. The molecule has 2 saturated heterocycles. The Labute approximate surface area is 249 Å². The van der Waals surface area contributed by atoms with Crippen molar-refractivity contribution in [2.75, 3.05) is 31.1 Å². The molecular weight excluding hydrogens is 549 g/mol. The molecule has 6 rings (SSSR count). The predicted octanol–water partition coefficient (Wildman–Crippen LogP) is 4.20. The minimum Gasteiger partial charge on any atom is -0.325 e. The van der Waals surface area contributed by atoms with Crippen molar-refractivity contribution in [3.63, 3.8) is 0 Å². The highest BCUT2D eigenvalue weighted by atomic mass is 19.1. The first-order chi connectivity index (χ1) is 20.9. The third-order valence-electron chi connectivity index (χ3n) is 8.66. The van der Waals surface area contributed by atoms with Gasteiger partial charge in [0.05, 0.1) is 11.8 Å². The number of hydrogen-bond acceptors (Lipinski definition) is 5. The summed E-state index contributed by atoms with van der Waals surface area (Å²) in [6.45, 7) is 3.69. The van der Waals surface area contributed by atoms with Crippen LogP contribution in [0.4, 0.5) is 15.0 Å². The van der Waals surface area contributed by atoms with Crippen LogP contribution in [0, 0.1) is 17.1 Å². The second-order valence-electron chi connectivity index (χ2n) is 11.2. The van der Waals surface area contributed by atoms with E-state index >= 15 is 0 Å². The first-order valence-corrected chi connectivity index (χ1v) is 14.9. The van der Waals surface area contributed by atoms with E-state index in [1.807, 2.05) is 37.3 Å². The number of aromatic nitrogens is 2. The summed E-state index contributed by atoms with van der Waals surface area (Å²) in [4.78, 5) is 46.9. The Morgan fingerprint density at radius 3 is 2.42 bits per heavy atom. The van der Waals surface area contributed by atoms with Crippen LogP contribution in [0.5, 0.6) is 0 Å². The van der Waals surface area contributed by atoms with Crippen molar-refractivity contribution in [1.82, 2.24) is 24.9 Å². The van der Waals surface area contributed by atoms with Crippen LogP contribution in [0.2, 0.25) is 0 Å². The highest BCUT2D eigenvalue weighted by molar-refractivity contribution is 6.06. The van der Waals surface area contributed by atoms with Crippen LogP contribution in [-0.4, -0.2) is 75.7 Å². The summed E-state index contributed by atoms with van der Waals surface area (Å²) in [5, 5.41) is 17.6. The lowest BCUT2D eigenvalue weighted by atomic mass is 9.80. The number of benzene rings is 2. The van der Waals surface area contributed by atoms with Crippen LogP contribution < -0.4 is 10.2 Å². The van der Waals surface area contributed by atoms with E-state index in [1.165, 1.54) is 17.0 Å². The Morgan fingerprint density at radius 1 is 1.02 bits per heavy atom. The lowest BCUT2D eigenvalue weighted by Crippen LogP contribution is -2.58. The molecule has 2 fully saturated rings. The molecule has 222 valence electrons. The van der Waals surface area contributed by atoms with E-state index in [9.17, 15) is 24.0 Å². The first-order valence-electron chi connectivity index (χ1n) is 14.9. The maximum absolute atomic E-state index is 14.3. The third kappa shape index (κ3) is 5.11. The van der Waals surface area contributed by atoms with Crippen LogP contribution >= 0.6 is 0 Å². The number of anilines is 1. The van der Waals surface area contributed by atoms with Gasteiger partial charge in [-0.2, -0.15) is 10.4 Å². The van der Waals surface area contributed by atoms with Gasteiger partial charge in [0.15, 0.2) is 5.69 Å². The highest BCUT2D eigenvalue weighted by Gasteiger charge is 2.48. The number of likely N-dealkylation sites (N-methyl/N-ethyl adjacent to an activating group) is 1. The molecule has 3 aliphatic rings. The fourth-order valence-electron chi connectivity index (χ4n) is 6.54. The minimum absolute atomic E-state index is 0.110. The van der Waals surface area contributed by atoms with Gasteiger partial charge in [-0.05, 0) is 68.9 Å². The maximum Gasteiger partial charge on any atom is 0.318 e. The number of urea groups is 1. The van der Waals surface area contributed by atoms with Crippen LogP contribution in [-0.2, 0) is 4.79 Å². The van der Waals surface area contributed by atoms with E-state index in [1.54, 1.807) is 26.6 Å². The number of carbonyl (C=O) groups is 3. The topological polar surface area (TPSA) is 115 Å². The number of nitriles is 1. The van der Waals surface area contributed by atoms with Crippen LogP contribution in [0.1, 0.15) is 66.6 Å². The number of carbonyl (C=O) groups excluding carboxylic acids is 3. The molecule has 3 aliphatic heterocycles. The van der Waals surface area contributed by atoms with Gasteiger partial charge in [0.25, 0.3) is 11.8 Å². The zero-order valence-corrected chi connectivity index (χ0v) is 24.1. The second-order valence-corrected chi connectivity index (χ2v) is 11.2. The molecule has 4 amide bonds. The number of likely N-dealkylation sites (tertiary alicyclic amines) is 2. The van der Waals surface area contributed by atoms with Crippen LogP contribution in [0.25, 0.3) is 5.69 Å². The largest absolute Gasteiger partial charge is 0.325 e. The molecule has 2 aromatic carbocycles. The minimum atomic E-state index is -1.07. The SMILES string of the molecule is CCN1C(=O)C(NC(=O)N2CCCCC2)C(c2ccc(F)cc2)c2c(C(=O)N3CCCC3C#N)nn(-c3ccccc3)c21. The number of para-hydroxylation sites is 1. The maximum atomic E-state index is 14.3. The van der Waals surface area contributed by atoms with Gasteiger partial charge in [0, 0.05) is 37.7 Å². The lowest BCUT2D eigenvalue weighted by Gasteiger charge is -2.39. The molecule has 4 heterocycles. The van der Waals surface area contributed by atoms with Crippen molar-refractivity contribution in [3.05, 3.63) is 77.2 Å². The van der Waals surface area contributed by atoms with Crippen LogP contribution in [0.15, 0.2) is 54.6 Å². The van der Waals surface area contributed by atoms with Crippen molar-refractivity contribution >= 4 is 23.7 Å². The van der Waals surface area contributed by atoms with Crippen molar-refractivity contribution in [2.24, 2.45) is 0 Å². The molecule has 1 N–H and O–H groups in total. The van der Waals surface area contributed by atoms with E-state index in [-0.39, 0.29) is 24.2 Å². The van der Waals surface area contributed by atoms with E-state index in [2.05, 4.69) is 11.4 Å². The zero-order chi connectivity index (χ0) is 30.1. The van der Waals surface area contributed by atoms with Crippen molar-refractivity contribution in [3.8, 4) is 11.8 Å². The number of nitrogens with zero attached hydrogens (tertiary/aromatic N) is 6. The van der Waals surface area contributed by atoms with Gasteiger partial charge in [-0.3, -0.25) is 14.5 Å². The summed E-state index contributed by atoms with van der Waals surface area (Å²) in [6, 6.07) is 15.2. The Kier molecular flexibility index (Phi) is 7.84. The molecule has 0 aliphatic carbocycles. The molecular formula is C32H34FN7O3. The summed E-state index contributed by atoms with van der Waals surface area (Å²) in [5.41, 5.74) is 1.79. The van der Waals surface area contributed by atoms with E-state index < -0.39 is 29.7 Å². The average Bonchev–Trinajstić information content (AvgIpc) is 3.68. The molecule has 43 heavy (non-hydrogen) atoms. The number of fused-ring (bicyclic) bond motifs is 1. The number of piperidine rings is 1. The fraction of sp³-hybridized carbons (Fsp3) is 0.406. The third-order valence-corrected chi connectivity index (χ3v) is 8.66. The van der Waals surface area contributed by atoms with Gasteiger partial charge in [-0.1, -0.05) is 30.3 Å². The molecule has 0 radical (unpaired) electrons. The Balaban J connectivity index is 1.56. The summed E-state index contributed by atoms with van der Waals surface area (Å²) in [6.07, 6.45) is 4.08. The van der Waals surface area contributed by atoms with Gasteiger partial charge in [0.1, 0.15) is 23.7 Å². The normalized spacial score (nSPS) is 21.8. The Hall–Kier alpha value is -4.72. The van der Waals surface area contributed by atoms with E-state index in [4.69, 9.17) is 5.10 Å². The molecule has 1 aromatic heterocycles. The second kappa shape index (κ2) is 11.9. The lowest BCUT2D eigenvalue weighted by molar-refractivity contribution is -0.121. The van der Waals surface area contributed by atoms with Crippen molar-refractivity contribution in [2.45, 2.75) is 57.0 Å². The summed E-state index contributed by atoms with van der Waals surface area (Å²) < 4.78 is 15.8. The fourth-order valence-corrected chi connectivity index (χ4v) is 6.54. The molecule has 11 heteroatoms. The molecule has 10 nitrogen and oxygen atoms in total. The monoisotopic (exact) mass is 583 g/mol. The molecule has 0 bridgehead atoms. The van der Waals surface area contributed by atoms with E-state index in [0.29, 0.717) is 55.1 Å². The molecule has 0 spiro atoms.